The summed E-state index contributed by atoms with van der Waals surface area (Å²) in [4.78, 5) is 40.2. The molecule has 0 atom stereocenters. The Labute approximate surface area is 176 Å². The number of amides is 2. The number of unbranched alkanes of at least 4 members (excludes halogenated alkanes) is 4. The van der Waals surface area contributed by atoms with Gasteiger partial charge in [-0.1, -0.05) is 56.9 Å². The van der Waals surface area contributed by atoms with Gasteiger partial charge in [0.1, 0.15) is 5.75 Å². The zero-order chi connectivity index (χ0) is 21.3. The van der Waals surface area contributed by atoms with Crippen LogP contribution in [0.25, 0.3) is 11.1 Å². The van der Waals surface area contributed by atoms with Crippen LogP contribution in [-0.4, -0.2) is 29.5 Å². The Hall–Kier alpha value is -3.15. The van der Waals surface area contributed by atoms with Crippen LogP contribution >= 0.6 is 0 Å². The molecule has 0 N–H and O–H groups in total. The van der Waals surface area contributed by atoms with E-state index in [1.807, 2.05) is 24.3 Å². The molecule has 1 heterocycles. The number of hydroxylamine groups is 2. The Morgan fingerprint density at radius 1 is 0.833 bits per heavy atom. The number of carbonyl (C=O) groups excluding carboxylic acids is 3. The van der Waals surface area contributed by atoms with E-state index in [0.29, 0.717) is 5.06 Å². The highest BCUT2D eigenvalue weighted by atomic mass is 16.7. The summed E-state index contributed by atoms with van der Waals surface area (Å²) in [5.74, 6) is -0.872. The van der Waals surface area contributed by atoms with Crippen molar-refractivity contribution in [2.24, 2.45) is 0 Å². The lowest BCUT2D eigenvalue weighted by Crippen LogP contribution is -2.32. The quantitative estimate of drug-likeness (QED) is 0.411. The molecule has 1 saturated heterocycles. The molecule has 158 valence electrons. The van der Waals surface area contributed by atoms with Crippen LogP contribution in [0.3, 0.4) is 0 Å². The van der Waals surface area contributed by atoms with Crippen LogP contribution in [0.5, 0.6) is 5.75 Å². The maximum atomic E-state index is 12.2. The third-order valence-corrected chi connectivity index (χ3v) is 5.00. The van der Waals surface area contributed by atoms with E-state index in [2.05, 4.69) is 6.92 Å². The van der Waals surface area contributed by atoms with Crippen LogP contribution in [0, 0.1) is 0 Å². The molecule has 0 spiro atoms. The van der Waals surface area contributed by atoms with Gasteiger partial charge in [0.15, 0.2) is 0 Å². The number of carbonyl (C=O) groups is 3. The van der Waals surface area contributed by atoms with Gasteiger partial charge in [0.2, 0.25) is 0 Å². The largest absolute Gasteiger partial charge is 0.494 e. The van der Waals surface area contributed by atoms with Crippen molar-refractivity contribution in [3.63, 3.8) is 0 Å². The first-order chi connectivity index (χ1) is 14.6. The smallest absolute Gasteiger partial charge is 0.363 e. The summed E-state index contributed by atoms with van der Waals surface area (Å²) in [6.07, 6.45) is 6.18. The van der Waals surface area contributed by atoms with E-state index in [4.69, 9.17) is 9.57 Å². The van der Waals surface area contributed by atoms with Crippen molar-refractivity contribution in [1.82, 2.24) is 5.06 Å². The summed E-state index contributed by atoms with van der Waals surface area (Å²) in [7, 11) is 0. The first kappa shape index (κ1) is 21.6. The molecule has 6 nitrogen and oxygen atoms in total. The van der Waals surface area contributed by atoms with Crippen molar-refractivity contribution in [2.75, 3.05) is 6.61 Å². The molecule has 30 heavy (non-hydrogen) atoms. The van der Waals surface area contributed by atoms with Crippen molar-refractivity contribution in [3.05, 3.63) is 54.1 Å². The van der Waals surface area contributed by atoms with E-state index in [0.717, 1.165) is 29.9 Å². The van der Waals surface area contributed by atoms with Gasteiger partial charge >= 0.3 is 5.97 Å². The van der Waals surface area contributed by atoms with Gasteiger partial charge < -0.3 is 9.57 Å². The maximum absolute atomic E-state index is 12.2. The Balaban J connectivity index is 1.52. The standard InChI is InChI=1S/C24H27NO5/c1-2-3-4-5-6-17-29-21-13-11-19(12-14-21)18-7-9-20(10-8-18)24(28)30-25-22(26)15-16-23(25)27/h7-14H,2-6,15-17H2,1H3. The summed E-state index contributed by atoms with van der Waals surface area (Å²) in [6.45, 7) is 2.93. The number of ether oxygens (including phenoxy) is 1. The molecule has 0 radical (unpaired) electrons. The molecular weight excluding hydrogens is 382 g/mol. The van der Waals surface area contributed by atoms with Gasteiger partial charge in [-0.3, -0.25) is 9.59 Å². The van der Waals surface area contributed by atoms with E-state index < -0.39 is 17.8 Å². The summed E-state index contributed by atoms with van der Waals surface area (Å²) in [5, 5.41) is 0.554. The summed E-state index contributed by atoms with van der Waals surface area (Å²) in [5.41, 5.74) is 2.20. The van der Waals surface area contributed by atoms with Crippen molar-refractivity contribution < 1.29 is 24.0 Å². The van der Waals surface area contributed by atoms with Crippen molar-refractivity contribution in [1.29, 1.82) is 0 Å². The number of imide groups is 1. The molecule has 0 bridgehead atoms. The predicted octanol–water partition coefficient (Wildman–Crippen LogP) is 4.92. The summed E-state index contributed by atoms with van der Waals surface area (Å²) >= 11 is 0. The van der Waals surface area contributed by atoms with E-state index in [9.17, 15) is 14.4 Å². The van der Waals surface area contributed by atoms with Crippen LogP contribution in [0.15, 0.2) is 48.5 Å². The molecule has 0 unspecified atom stereocenters. The van der Waals surface area contributed by atoms with Crippen LogP contribution in [0.1, 0.15) is 62.2 Å². The molecule has 1 aliphatic rings. The minimum atomic E-state index is -0.729. The molecule has 0 saturated carbocycles. The molecule has 6 heteroatoms. The molecular formula is C24H27NO5. The lowest BCUT2D eigenvalue weighted by molar-refractivity contribution is -0.172. The first-order valence-corrected chi connectivity index (χ1v) is 10.5. The van der Waals surface area contributed by atoms with Gasteiger partial charge in [0, 0.05) is 12.8 Å². The topological polar surface area (TPSA) is 72.9 Å². The average molecular weight is 409 g/mol. The fourth-order valence-corrected chi connectivity index (χ4v) is 3.23. The highest BCUT2D eigenvalue weighted by Gasteiger charge is 2.33. The summed E-state index contributed by atoms with van der Waals surface area (Å²) < 4.78 is 5.79. The van der Waals surface area contributed by atoms with E-state index in [1.54, 1.807) is 24.3 Å². The average Bonchev–Trinajstić information content (AvgIpc) is 3.09. The number of rotatable bonds is 10. The molecule has 3 rings (SSSR count). The molecule has 2 aromatic rings. The fraction of sp³-hybridized carbons (Fsp3) is 0.375. The maximum Gasteiger partial charge on any atom is 0.363 e. The third kappa shape index (κ3) is 5.69. The van der Waals surface area contributed by atoms with Crippen LogP contribution in [0.4, 0.5) is 0 Å². The molecule has 2 aromatic carbocycles. The number of hydrogen-bond acceptors (Lipinski definition) is 5. The van der Waals surface area contributed by atoms with Gasteiger partial charge in [-0.2, -0.15) is 0 Å². The number of hydrogen-bond donors (Lipinski definition) is 0. The van der Waals surface area contributed by atoms with Crippen molar-refractivity contribution in [2.45, 2.75) is 51.9 Å². The van der Waals surface area contributed by atoms with Gasteiger partial charge in [-0.25, -0.2) is 4.79 Å². The number of benzene rings is 2. The van der Waals surface area contributed by atoms with Crippen molar-refractivity contribution in [3.8, 4) is 16.9 Å². The second-order valence-corrected chi connectivity index (χ2v) is 7.33. The van der Waals surface area contributed by atoms with Crippen LogP contribution < -0.4 is 4.74 Å². The van der Waals surface area contributed by atoms with Gasteiger partial charge in [0.25, 0.3) is 11.8 Å². The van der Waals surface area contributed by atoms with Crippen LogP contribution in [0.2, 0.25) is 0 Å². The van der Waals surface area contributed by atoms with E-state index in [-0.39, 0.29) is 18.4 Å². The Kier molecular flexibility index (Phi) is 7.60. The molecule has 1 aliphatic heterocycles. The van der Waals surface area contributed by atoms with E-state index in [1.165, 1.54) is 25.7 Å². The minimum Gasteiger partial charge on any atom is -0.494 e. The monoisotopic (exact) mass is 409 g/mol. The Morgan fingerprint density at radius 3 is 2.00 bits per heavy atom. The van der Waals surface area contributed by atoms with Crippen LogP contribution in [-0.2, 0) is 14.4 Å². The zero-order valence-electron chi connectivity index (χ0n) is 17.3. The van der Waals surface area contributed by atoms with Gasteiger partial charge in [0.05, 0.1) is 12.2 Å². The zero-order valence-corrected chi connectivity index (χ0v) is 17.3. The van der Waals surface area contributed by atoms with E-state index >= 15 is 0 Å². The van der Waals surface area contributed by atoms with Gasteiger partial charge in [-0.05, 0) is 41.8 Å². The Bertz CT molecular complexity index is 857. The third-order valence-electron chi connectivity index (χ3n) is 5.00. The highest BCUT2D eigenvalue weighted by molar-refractivity contribution is 6.02. The Morgan fingerprint density at radius 2 is 1.40 bits per heavy atom. The highest BCUT2D eigenvalue weighted by Crippen LogP contribution is 2.24. The lowest BCUT2D eigenvalue weighted by Gasteiger charge is -2.12. The minimum absolute atomic E-state index is 0.0730. The SMILES string of the molecule is CCCCCCCOc1ccc(-c2ccc(C(=O)ON3C(=O)CCC3=O)cc2)cc1. The predicted molar refractivity (Wildman–Crippen MR) is 113 cm³/mol. The van der Waals surface area contributed by atoms with Gasteiger partial charge in [-0.15, -0.1) is 5.06 Å². The fourth-order valence-electron chi connectivity index (χ4n) is 3.23. The lowest BCUT2D eigenvalue weighted by atomic mass is 10.0. The first-order valence-electron chi connectivity index (χ1n) is 10.5. The molecule has 0 aromatic heterocycles. The summed E-state index contributed by atoms with van der Waals surface area (Å²) in [6, 6.07) is 14.7. The molecule has 2 amide bonds. The molecule has 1 fully saturated rings. The molecule has 0 aliphatic carbocycles. The second-order valence-electron chi connectivity index (χ2n) is 7.33. The number of nitrogens with zero attached hydrogens (tertiary/aromatic N) is 1. The second kappa shape index (κ2) is 10.6. The van der Waals surface area contributed by atoms with Crippen molar-refractivity contribution >= 4 is 17.8 Å². The normalized spacial score (nSPS) is 13.6.